The van der Waals surface area contributed by atoms with Crippen LogP contribution >= 0.6 is 11.6 Å². The zero-order chi connectivity index (χ0) is 24.0. The van der Waals surface area contributed by atoms with E-state index in [-0.39, 0.29) is 23.4 Å². The molecule has 2 heterocycles. The van der Waals surface area contributed by atoms with Crippen LogP contribution in [-0.4, -0.2) is 27.2 Å². The standard InChI is InChI=1S/C20H13ClF6N6/c1-28-16-14-17(29-13-4-2-12(21)3-5-13)32-33-18(14)31-15(30-16)9-6-10(19(22,23)24)8-11(7-9)20(25,26)27/h2-8H,1H3,(H3,28,29,30,31,32,33). The van der Waals surface area contributed by atoms with Gasteiger partial charge in [-0.2, -0.15) is 31.4 Å². The average molecular weight is 487 g/mol. The molecule has 0 radical (unpaired) electrons. The Labute approximate surface area is 187 Å². The van der Waals surface area contributed by atoms with Crippen LogP contribution in [0.4, 0.5) is 43.7 Å². The van der Waals surface area contributed by atoms with Crippen molar-refractivity contribution in [2.45, 2.75) is 12.4 Å². The molecule has 0 saturated carbocycles. The van der Waals surface area contributed by atoms with E-state index in [0.29, 0.717) is 34.0 Å². The summed E-state index contributed by atoms with van der Waals surface area (Å²) in [5.41, 5.74) is -2.63. The molecular weight excluding hydrogens is 474 g/mol. The second-order valence-corrected chi connectivity index (χ2v) is 7.30. The Kier molecular flexibility index (Phi) is 5.56. The molecule has 0 spiro atoms. The molecule has 2 aromatic heterocycles. The highest BCUT2D eigenvalue weighted by Gasteiger charge is 2.37. The van der Waals surface area contributed by atoms with Crippen molar-refractivity contribution in [2.24, 2.45) is 0 Å². The lowest BCUT2D eigenvalue weighted by atomic mass is 10.0. The summed E-state index contributed by atoms with van der Waals surface area (Å²) in [6.45, 7) is 0. The van der Waals surface area contributed by atoms with E-state index in [4.69, 9.17) is 11.6 Å². The van der Waals surface area contributed by atoms with Gasteiger partial charge >= 0.3 is 12.4 Å². The Hall–Kier alpha value is -3.54. The van der Waals surface area contributed by atoms with Gasteiger partial charge in [-0.25, -0.2) is 9.97 Å². The molecule has 0 fully saturated rings. The predicted octanol–water partition coefficient (Wildman–Crippen LogP) is 6.50. The van der Waals surface area contributed by atoms with Gasteiger partial charge in [-0.05, 0) is 42.5 Å². The smallest absolute Gasteiger partial charge is 0.372 e. The summed E-state index contributed by atoms with van der Waals surface area (Å²) in [5, 5.41) is 13.4. The summed E-state index contributed by atoms with van der Waals surface area (Å²) in [5.74, 6) is 0.0968. The van der Waals surface area contributed by atoms with Crippen molar-refractivity contribution in [1.29, 1.82) is 0 Å². The van der Waals surface area contributed by atoms with Crippen molar-refractivity contribution < 1.29 is 26.3 Å². The number of fused-ring (bicyclic) bond motifs is 1. The molecular formula is C20H13ClF6N6. The molecule has 13 heteroatoms. The van der Waals surface area contributed by atoms with Crippen LogP contribution in [0.2, 0.25) is 5.02 Å². The number of anilines is 3. The quantitative estimate of drug-likeness (QED) is 0.287. The van der Waals surface area contributed by atoms with E-state index in [1.165, 1.54) is 7.05 Å². The fourth-order valence-corrected chi connectivity index (χ4v) is 3.21. The highest BCUT2D eigenvalue weighted by molar-refractivity contribution is 6.30. The number of benzene rings is 2. The number of rotatable bonds is 4. The number of hydrogen-bond donors (Lipinski definition) is 3. The van der Waals surface area contributed by atoms with E-state index in [0.717, 1.165) is 0 Å². The van der Waals surface area contributed by atoms with E-state index in [9.17, 15) is 26.3 Å². The fourth-order valence-electron chi connectivity index (χ4n) is 3.09. The first-order valence-electron chi connectivity index (χ1n) is 9.22. The summed E-state index contributed by atoms with van der Waals surface area (Å²) < 4.78 is 79.4. The molecule has 172 valence electrons. The first-order chi connectivity index (χ1) is 15.5. The molecule has 0 amide bonds. The number of nitrogens with one attached hydrogen (secondary N) is 3. The fraction of sp³-hybridized carbons (Fsp3) is 0.150. The van der Waals surface area contributed by atoms with Crippen LogP contribution in [0, 0.1) is 0 Å². The Morgan fingerprint density at radius 1 is 0.848 bits per heavy atom. The van der Waals surface area contributed by atoms with Gasteiger partial charge in [-0.3, -0.25) is 5.10 Å². The number of halogens is 7. The molecule has 0 aliphatic rings. The molecule has 33 heavy (non-hydrogen) atoms. The predicted molar refractivity (Wildman–Crippen MR) is 111 cm³/mol. The molecule has 0 aliphatic carbocycles. The van der Waals surface area contributed by atoms with Crippen LogP contribution in [0.3, 0.4) is 0 Å². The van der Waals surface area contributed by atoms with Gasteiger partial charge in [0.15, 0.2) is 17.3 Å². The molecule has 0 atom stereocenters. The van der Waals surface area contributed by atoms with Crippen LogP contribution in [0.15, 0.2) is 42.5 Å². The third kappa shape index (κ3) is 4.65. The molecule has 0 saturated heterocycles. The highest BCUT2D eigenvalue weighted by Crippen LogP contribution is 2.39. The molecule has 0 unspecified atom stereocenters. The van der Waals surface area contributed by atoms with Crippen molar-refractivity contribution in [3.8, 4) is 11.4 Å². The largest absolute Gasteiger partial charge is 0.416 e. The maximum absolute atomic E-state index is 13.2. The van der Waals surface area contributed by atoms with E-state index in [1.54, 1.807) is 24.3 Å². The van der Waals surface area contributed by atoms with Gasteiger partial charge in [-0.15, -0.1) is 0 Å². The first-order valence-corrected chi connectivity index (χ1v) is 9.60. The van der Waals surface area contributed by atoms with E-state index >= 15 is 0 Å². The van der Waals surface area contributed by atoms with Crippen LogP contribution in [0.25, 0.3) is 22.4 Å². The number of H-pyrrole nitrogens is 1. The summed E-state index contributed by atoms with van der Waals surface area (Å²) in [6.07, 6.45) is -9.98. The summed E-state index contributed by atoms with van der Waals surface area (Å²) in [4.78, 5) is 8.26. The lowest BCUT2D eigenvalue weighted by molar-refractivity contribution is -0.143. The minimum atomic E-state index is -4.99. The van der Waals surface area contributed by atoms with E-state index < -0.39 is 29.0 Å². The summed E-state index contributed by atoms with van der Waals surface area (Å²) in [6, 6.07) is 7.87. The minimum absolute atomic E-state index is 0.0470. The number of hydrogen-bond acceptors (Lipinski definition) is 5. The van der Waals surface area contributed by atoms with Gasteiger partial charge in [0.25, 0.3) is 0 Å². The Bertz CT molecular complexity index is 1280. The van der Waals surface area contributed by atoms with Crippen LogP contribution in [0.1, 0.15) is 11.1 Å². The second-order valence-electron chi connectivity index (χ2n) is 6.87. The van der Waals surface area contributed by atoms with Gasteiger partial charge in [0, 0.05) is 23.3 Å². The Morgan fingerprint density at radius 3 is 2.00 bits per heavy atom. The first kappa shape index (κ1) is 22.6. The normalized spacial score (nSPS) is 12.2. The van der Waals surface area contributed by atoms with Crippen molar-refractivity contribution in [3.05, 3.63) is 58.6 Å². The van der Waals surface area contributed by atoms with Crippen molar-refractivity contribution in [3.63, 3.8) is 0 Å². The number of alkyl halides is 6. The van der Waals surface area contributed by atoms with Gasteiger partial charge < -0.3 is 10.6 Å². The third-order valence-electron chi connectivity index (χ3n) is 4.61. The zero-order valence-corrected chi connectivity index (χ0v) is 17.3. The third-order valence-corrected chi connectivity index (χ3v) is 4.86. The maximum Gasteiger partial charge on any atom is 0.416 e. The monoisotopic (exact) mass is 486 g/mol. The molecule has 3 N–H and O–H groups in total. The molecule has 6 nitrogen and oxygen atoms in total. The number of aromatic nitrogens is 4. The average Bonchev–Trinajstić information content (AvgIpc) is 3.16. The number of nitrogens with zero attached hydrogens (tertiary/aromatic N) is 3. The molecule has 4 rings (SSSR count). The number of aromatic amines is 1. The highest BCUT2D eigenvalue weighted by atomic mass is 35.5. The van der Waals surface area contributed by atoms with E-state index in [2.05, 4.69) is 30.8 Å². The summed E-state index contributed by atoms with van der Waals surface area (Å²) in [7, 11) is 1.50. The maximum atomic E-state index is 13.2. The van der Waals surface area contributed by atoms with Crippen molar-refractivity contribution in [2.75, 3.05) is 17.7 Å². The Balaban J connectivity index is 1.84. The SMILES string of the molecule is CNc1nc(-c2cc(C(F)(F)F)cc(C(F)(F)F)c2)nc2[nH]nc(Nc3ccc(Cl)cc3)c12. The lowest BCUT2D eigenvalue weighted by Crippen LogP contribution is -2.11. The molecule has 4 aromatic rings. The van der Waals surface area contributed by atoms with Crippen molar-refractivity contribution in [1.82, 2.24) is 20.2 Å². The second kappa shape index (κ2) is 8.10. The van der Waals surface area contributed by atoms with Crippen LogP contribution in [-0.2, 0) is 12.4 Å². The Morgan fingerprint density at radius 2 is 1.45 bits per heavy atom. The molecule has 0 aliphatic heterocycles. The van der Waals surface area contributed by atoms with Crippen LogP contribution in [0.5, 0.6) is 0 Å². The minimum Gasteiger partial charge on any atom is -0.372 e. The topological polar surface area (TPSA) is 78.5 Å². The lowest BCUT2D eigenvalue weighted by Gasteiger charge is -2.14. The molecule has 2 aromatic carbocycles. The molecule has 0 bridgehead atoms. The van der Waals surface area contributed by atoms with Gasteiger partial charge in [-0.1, -0.05) is 11.6 Å². The summed E-state index contributed by atoms with van der Waals surface area (Å²) >= 11 is 5.87. The van der Waals surface area contributed by atoms with Crippen molar-refractivity contribution >= 4 is 40.0 Å². The van der Waals surface area contributed by atoms with Gasteiger partial charge in [0.1, 0.15) is 11.2 Å². The van der Waals surface area contributed by atoms with Crippen LogP contribution < -0.4 is 10.6 Å². The zero-order valence-electron chi connectivity index (χ0n) is 16.5. The van der Waals surface area contributed by atoms with Gasteiger partial charge in [0.05, 0.1) is 11.1 Å². The van der Waals surface area contributed by atoms with Gasteiger partial charge in [0.2, 0.25) is 0 Å². The van der Waals surface area contributed by atoms with E-state index in [1.807, 2.05) is 0 Å².